The molecule has 0 spiro atoms. The molecule has 0 amide bonds. The molecule has 0 aromatic carbocycles. The van der Waals surface area contributed by atoms with Gasteiger partial charge in [0.05, 0.1) is 5.56 Å². The minimum absolute atomic E-state index is 0.0373. The average Bonchev–Trinajstić information content (AvgIpc) is 2.18. The van der Waals surface area contributed by atoms with Gasteiger partial charge < -0.3 is 15.6 Å². The van der Waals surface area contributed by atoms with Gasteiger partial charge in [0.1, 0.15) is 0 Å². The zero-order chi connectivity index (χ0) is 13.2. The molecule has 1 aromatic rings. The Labute approximate surface area is 94.0 Å². The maximum absolute atomic E-state index is 12.0. The molecule has 3 N–H and O–H groups in total. The Morgan fingerprint density at radius 2 is 2.18 bits per heavy atom. The maximum atomic E-state index is 12.0. The van der Waals surface area contributed by atoms with Crippen molar-refractivity contribution < 1.29 is 27.8 Å². The van der Waals surface area contributed by atoms with Crippen LogP contribution in [0.4, 0.5) is 13.2 Å². The molecule has 8 heteroatoms. The molecule has 0 saturated carbocycles. The van der Waals surface area contributed by atoms with E-state index in [0.717, 1.165) is 6.20 Å². The van der Waals surface area contributed by atoms with Crippen molar-refractivity contribution in [3.05, 3.63) is 22.9 Å². The number of hydrogen-bond acceptors (Lipinski definition) is 4. The van der Waals surface area contributed by atoms with E-state index >= 15 is 0 Å². The lowest BCUT2D eigenvalue weighted by molar-refractivity contribution is -0.276. The quantitative estimate of drug-likeness (QED) is 0.847. The highest BCUT2D eigenvalue weighted by Crippen LogP contribution is 2.27. The van der Waals surface area contributed by atoms with Crippen molar-refractivity contribution in [2.45, 2.75) is 19.8 Å². The number of halogens is 3. The van der Waals surface area contributed by atoms with Crippen molar-refractivity contribution in [1.29, 1.82) is 0 Å². The summed E-state index contributed by atoms with van der Waals surface area (Å²) in [6.45, 7) is 1.05. The molecule has 0 fully saturated rings. The van der Waals surface area contributed by atoms with E-state index in [0.29, 0.717) is 0 Å². The van der Waals surface area contributed by atoms with E-state index in [4.69, 9.17) is 10.8 Å². The molecular formula is C9H9F3N2O3. The molecule has 0 saturated heterocycles. The van der Waals surface area contributed by atoms with Gasteiger partial charge in [0.25, 0.3) is 0 Å². The fourth-order valence-electron chi connectivity index (χ4n) is 1.29. The van der Waals surface area contributed by atoms with Crippen LogP contribution in [0.5, 0.6) is 5.88 Å². The number of nitrogens with zero attached hydrogens (tertiary/aromatic N) is 1. The molecule has 0 radical (unpaired) electrons. The maximum Gasteiger partial charge on any atom is 0.574 e. The first-order valence-corrected chi connectivity index (χ1v) is 4.44. The highest BCUT2D eigenvalue weighted by Gasteiger charge is 2.33. The summed E-state index contributed by atoms with van der Waals surface area (Å²) in [6.07, 6.45) is -4.09. The topological polar surface area (TPSA) is 85.4 Å². The summed E-state index contributed by atoms with van der Waals surface area (Å²) in [5.74, 6) is -2.00. The molecule has 0 unspecified atom stereocenters. The van der Waals surface area contributed by atoms with E-state index in [2.05, 4.69) is 9.72 Å². The Morgan fingerprint density at radius 1 is 1.59 bits per heavy atom. The summed E-state index contributed by atoms with van der Waals surface area (Å²) in [6, 6.07) is 0. The summed E-state index contributed by atoms with van der Waals surface area (Å²) in [5, 5.41) is 8.79. The summed E-state index contributed by atoms with van der Waals surface area (Å²) in [4.78, 5) is 14.1. The van der Waals surface area contributed by atoms with Gasteiger partial charge in [-0.2, -0.15) is 0 Å². The van der Waals surface area contributed by atoms with E-state index in [1.807, 2.05) is 0 Å². The van der Waals surface area contributed by atoms with Crippen LogP contribution in [0.1, 0.15) is 21.5 Å². The van der Waals surface area contributed by atoms with Crippen LogP contribution in [-0.4, -0.2) is 22.4 Å². The first-order valence-electron chi connectivity index (χ1n) is 4.44. The van der Waals surface area contributed by atoms with E-state index in [1.54, 1.807) is 0 Å². The van der Waals surface area contributed by atoms with Crippen molar-refractivity contribution in [3.63, 3.8) is 0 Å². The number of aromatic nitrogens is 1. The van der Waals surface area contributed by atoms with Crippen LogP contribution in [0.15, 0.2) is 6.20 Å². The lowest BCUT2D eigenvalue weighted by atomic mass is 10.1. The fraction of sp³-hybridized carbons (Fsp3) is 0.333. The van der Waals surface area contributed by atoms with E-state index in [1.165, 1.54) is 6.92 Å². The van der Waals surface area contributed by atoms with Crippen molar-refractivity contribution in [2.75, 3.05) is 0 Å². The number of nitrogens with two attached hydrogens (primary N) is 1. The molecule has 94 valence electrons. The van der Waals surface area contributed by atoms with Crippen molar-refractivity contribution >= 4 is 5.97 Å². The third-order valence-corrected chi connectivity index (χ3v) is 2.06. The van der Waals surface area contributed by atoms with Gasteiger partial charge in [-0.25, -0.2) is 9.78 Å². The molecule has 17 heavy (non-hydrogen) atoms. The number of carboxylic acids is 1. The number of rotatable bonds is 3. The molecule has 1 aromatic heterocycles. The SMILES string of the molecule is Cc1c(OC(F)(F)F)ncc(C(=O)O)c1CN. The molecule has 1 rings (SSSR count). The molecule has 0 aliphatic heterocycles. The normalized spacial score (nSPS) is 11.4. The summed E-state index contributed by atoms with van der Waals surface area (Å²) < 4.78 is 39.7. The lowest BCUT2D eigenvalue weighted by Gasteiger charge is -2.13. The van der Waals surface area contributed by atoms with Crippen LogP contribution in [0.3, 0.4) is 0 Å². The Balaban J connectivity index is 3.25. The van der Waals surface area contributed by atoms with Gasteiger partial charge in [0.2, 0.25) is 5.88 Å². The van der Waals surface area contributed by atoms with E-state index in [9.17, 15) is 18.0 Å². The minimum atomic E-state index is -4.88. The Kier molecular flexibility index (Phi) is 3.56. The third kappa shape index (κ3) is 3.06. The van der Waals surface area contributed by atoms with Gasteiger partial charge in [-0.05, 0) is 12.5 Å². The van der Waals surface area contributed by atoms with Crippen LogP contribution in [0, 0.1) is 6.92 Å². The smallest absolute Gasteiger partial charge is 0.478 e. The first kappa shape index (κ1) is 13.2. The zero-order valence-corrected chi connectivity index (χ0v) is 8.71. The highest BCUT2D eigenvalue weighted by molar-refractivity contribution is 5.89. The van der Waals surface area contributed by atoms with Crippen LogP contribution in [0.25, 0.3) is 0 Å². The number of ether oxygens (including phenoxy) is 1. The highest BCUT2D eigenvalue weighted by atomic mass is 19.4. The lowest BCUT2D eigenvalue weighted by Crippen LogP contribution is -2.20. The number of carbonyl (C=O) groups is 1. The molecule has 1 heterocycles. The number of hydrogen-bond donors (Lipinski definition) is 2. The molecule has 5 nitrogen and oxygen atoms in total. The number of alkyl halides is 3. The standard InChI is InChI=1S/C9H9F3N2O3/c1-4-5(2-13)6(8(15)16)3-14-7(4)17-9(10,11)12/h3H,2,13H2,1H3,(H,15,16). The summed E-state index contributed by atoms with van der Waals surface area (Å²) in [7, 11) is 0. The second-order valence-corrected chi connectivity index (χ2v) is 3.14. The van der Waals surface area contributed by atoms with Gasteiger partial charge in [-0.1, -0.05) is 0 Å². The van der Waals surface area contributed by atoms with Crippen LogP contribution in [-0.2, 0) is 6.54 Å². The largest absolute Gasteiger partial charge is 0.574 e. The van der Waals surface area contributed by atoms with Gasteiger partial charge in [0.15, 0.2) is 0 Å². The van der Waals surface area contributed by atoms with Crippen molar-refractivity contribution in [2.24, 2.45) is 5.73 Å². The predicted octanol–water partition coefficient (Wildman–Crippen LogP) is 1.45. The second kappa shape index (κ2) is 4.58. The molecular weight excluding hydrogens is 241 g/mol. The van der Waals surface area contributed by atoms with Crippen molar-refractivity contribution in [3.8, 4) is 5.88 Å². The van der Waals surface area contributed by atoms with Crippen molar-refractivity contribution in [1.82, 2.24) is 4.98 Å². The number of carboxylic acid groups (broad SMARTS) is 1. The Morgan fingerprint density at radius 3 is 2.59 bits per heavy atom. The molecule has 0 aliphatic carbocycles. The van der Waals surface area contributed by atoms with E-state index < -0.39 is 18.2 Å². The van der Waals surface area contributed by atoms with Gasteiger partial charge >= 0.3 is 12.3 Å². The van der Waals surface area contributed by atoms with Gasteiger partial charge in [-0.15, -0.1) is 13.2 Å². The summed E-state index contributed by atoms with van der Waals surface area (Å²) in [5.41, 5.74) is 5.08. The Bertz CT molecular complexity index is 446. The van der Waals surface area contributed by atoms with Crippen LogP contribution in [0.2, 0.25) is 0 Å². The van der Waals surface area contributed by atoms with E-state index in [-0.39, 0.29) is 23.2 Å². The number of pyridine rings is 1. The zero-order valence-electron chi connectivity index (χ0n) is 8.71. The summed E-state index contributed by atoms with van der Waals surface area (Å²) >= 11 is 0. The average molecular weight is 250 g/mol. The monoisotopic (exact) mass is 250 g/mol. The predicted molar refractivity (Wildman–Crippen MR) is 50.5 cm³/mol. The molecule has 0 atom stereocenters. The van der Waals surface area contributed by atoms with Gasteiger partial charge in [0, 0.05) is 18.3 Å². The first-order chi connectivity index (χ1) is 7.76. The fourth-order valence-corrected chi connectivity index (χ4v) is 1.29. The van der Waals surface area contributed by atoms with Gasteiger partial charge in [-0.3, -0.25) is 0 Å². The third-order valence-electron chi connectivity index (χ3n) is 2.06. The number of aromatic carboxylic acids is 1. The molecule has 0 aliphatic rings. The molecule has 0 bridgehead atoms. The van der Waals surface area contributed by atoms with Crippen LogP contribution < -0.4 is 10.5 Å². The second-order valence-electron chi connectivity index (χ2n) is 3.14. The van der Waals surface area contributed by atoms with Crippen LogP contribution >= 0.6 is 0 Å². The Hall–Kier alpha value is -1.83. The minimum Gasteiger partial charge on any atom is -0.478 e.